The average Bonchev–Trinajstić information content (AvgIpc) is 2.64. The number of nitrogens with zero attached hydrogens (tertiary/aromatic N) is 1. The fourth-order valence-corrected chi connectivity index (χ4v) is 4.54. The lowest BCUT2D eigenvalue weighted by Gasteiger charge is -2.40. The van der Waals surface area contributed by atoms with Gasteiger partial charge in [0.05, 0.1) is 18.6 Å². The van der Waals surface area contributed by atoms with Gasteiger partial charge in [0.1, 0.15) is 18.0 Å². The van der Waals surface area contributed by atoms with Gasteiger partial charge in [-0.15, -0.1) is 0 Å². The van der Waals surface area contributed by atoms with Crippen LogP contribution in [-0.2, 0) is 4.79 Å². The number of halogens is 1. The molecule has 2 fully saturated rings. The molecule has 2 N–H and O–H groups in total. The molecule has 3 rings (SSSR count). The first-order valence-corrected chi connectivity index (χ1v) is 10.7. The van der Waals surface area contributed by atoms with Crippen LogP contribution in [-0.4, -0.2) is 51.9 Å². The number of amides is 1. The van der Waals surface area contributed by atoms with Crippen LogP contribution in [0.3, 0.4) is 0 Å². The minimum atomic E-state index is -1.08. The summed E-state index contributed by atoms with van der Waals surface area (Å²) in [6.45, 7) is 4.84. The third-order valence-electron chi connectivity index (χ3n) is 6.09. The summed E-state index contributed by atoms with van der Waals surface area (Å²) in [4.78, 5) is 14.5. The molecule has 0 spiro atoms. The molecule has 5 nitrogen and oxygen atoms in total. The molecular formula is C22H32ClNO4. The van der Waals surface area contributed by atoms with E-state index in [0.29, 0.717) is 31.6 Å². The zero-order valence-corrected chi connectivity index (χ0v) is 17.7. The molecule has 1 unspecified atom stereocenters. The van der Waals surface area contributed by atoms with Crippen molar-refractivity contribution < 1.29 is 19.7 Å². The molecule has 0 aromatic heterocycles. The number of β-amino-alcohol motifs (C(OH)–C–C–N with tert-alkyl or cyclic N) is 1. The molecule has 0 radical (unpaired) electrons. The van der Waals surface area contributed by atoms with Crippen molar-refractivity contribution in [2.24, 2.45) is 0 Å². The standard InChI is InChI=1S/C22H32ClNO4/c1-16-11-18(12-17(2)20(16)23)28-15-22(27)9-6-10-24(14-22)19(25)13-21(26)7-4-3-5-8-21/h11-12,26-27H,3-10,13-15H2,1-2H3. The Morgan fingerprint density at radius 3 is 2.32 bits per heavy atom. The highest BCUT2D eigenvalue weighted by atomic mass is 35.5. The predicted molar refractivity (Wildman–Crippen MR) is 110 cm³/mol. The lowest BCUT2D eigenvalue weighted by atomic mass is 9.82. The van der Waals surface area contributed by atoms with Crippen molar-refractivity contribution >= 4 is 17.5 Å². The van der Waals surface area contributed by atoms with Crippen LogP contribution in [0.2, 0.25) is 5.02 Å². The van der Waals surface area contributed by atoms with E-state index in [4.69, 9.17) is 16.3 Å². The maximum absolute atomic E-state index is 12.8. The third-order valence-corrected chi connectivity index (χ3v) is 6.69. The number of likely N-dealkylation sites (tertiary alicyclic amines) is 1. The van der Waals surface area contributed by atoms with E-state index in [1.807, 2.05) is 26.0 Å². The first-order valence-electron chi connectivity index (χ1n) is 10.3. The number of aryl methyl sites for hydroxylation is 2. The van der Waals surface area contributed by atoms with E-state index >= 15 is 0 Å². The number of benzene rings is 1. The molecule has 28 heavy (non-hydrogen) atoms. The molecule has 1 aromatic rings. The molecule has 1 aliphatic heterocycles. The van der Waals surface area contributed by atoms with Gasteiger partial charge < -0.3 is 19.8 Å². The highest BCUT2D eigenvalue weighted by molar-refractivity contribution is 6.32. The van der Waals surface area contributed by atoms with Crippen LogP contribution in [0, 0.1) is 13.8 Å². The first kappa shape index (κ1) is 21.4. The Morgan fingerprint density at radius 2 is 1.68 bits per heavy atom. The number of piperidine rings is 1. The first-order chi connectivity index (χ1) is 13.2. The second-order valence-corrected chi connectivity index (χ2v) is 9.14. The Labute approximate surface area is 172 Å². The minimum absolute atomic E-state index is 0.0688. The van der Waals surface area contributed by atoms with Crippen molar-refractivity contribution in [3.8, 4) is 5.75 Å². The fourth-order valence-electron chi connectivity index (χ4n) is 4.43. The third kappa shape index (κ3) is 5.19. The number of rotatable bonds is 5. The summed E-state index contributed by atoms with van der Waals surface area (Å²) in [7, 11) is 0. The lowest BCUT2D eigenvalue weighted by Crippen LogP contribution is -2.54. The van der Waals surface area contributed by atoms with Crippen molar-refractivity contribution in [2.45, 2.75) is 76.4 Å². The number of ether oxygens (including phenoxy) is 1. The van der Waals surface area contributed by atoms with Gasteiger partial charge in [-0.2, -0.15) is 0 Å². The fraction of sp³-hybridized carbons (Fsp3) is 0.682. The Bertz CT molecular complexity index is 693. The second-order valence-electron chi connectivity index (χ2n) is 8.76. The van der Waals surface area contributed by atoms with E-state index < -0.39 is 11.2 Å². The number of hydrogen-bond acceptors (Lipinski definition) is 4. The highest BCUT2D eigenvalue weighted by Crippen LogP contribution is 2.33. The van der Waals surface area contributed by atoms with E-state index in [1.165, 1.54) is 0 Å². The van der Waals surface area contributed by atoms with Crippen molar-refractivity contribution in [3.63, 3.8) is 0 Å². The van der Waals surface area contributed by atoms with Gasteiger partial charge in [0.25, 0.3) is 0 Å². The molecule has 1 aromatic carbocycles. The van der Waals surface area contributed by atoms with Gasteiger partial charge in [-0.3, -0.25) is 4.79 Å². The topological polar surface area (TPSA) is 70.0 Å². The summed E-state index contributed by atoms with van der Waals surface area (Å²) < 4.78 is 5.87. The molecule has 2 aliphatic rings. The largest absolute Gasteiger partial charge is 0.491 e. The van der Waals surface area contributed by atoms with Gasteiger partial charge in [-0.25, -0.2) is 0 Å². The van der Waals surface area contributed by atoms with Gasteiger partial charge in [0, 0.05) is 11.6 Å². The van der Waals surface area contributed by atoms with Crippen molar-refractivity contribution in [2.75, 3.05) is 19.7 Å². The summed E-state index contributed by atoms with van der Waals surface area (Å²) in [5.41, 5.74) is -0.0840. The second kappa shape index (κ2) is 8.60. The van der Waals surface area contributed by atoms with Gasteiger partial charge in [0.15, 0.2) is 0 Å². The molecule has 1 saturated carbocycles. The zero-order valence-electron chi connectivity index (χ0n) is 17.0. The van der Waals surface area contributed by atoms with Gasteiger partial charge in [-0.1, -0.05) is 30.9 Å². The molecule has 1 amide bonds. The molecule has 1 heterocycles. The minimum Gasteiger partial charge on any atom is -0.491 e. The van der Waals surface area contributed by atoms with Crippen LogP contribution in [0.25, 0.3) is 0 Å². The maximum Gasteiger partial charge on any atom is 0.225 e. The Morgan fingerprint density at radius 1 is 1.07 bits per heavy atom. The van der Waals surface area contributed by atoms with E-state index in [1.54, 1.807) is 4.90 Å². The SMILES string of the molecule is Cc1cc(OCC2(O)CCCN(C(=O)CC3(O)CCCCC3)C2)cc(C)c1Cl. The smallest absolute Gasteiger partial charge is 0.225 e. The average molecular weight is 410 g/mol. The monoisotopic (exact) mass is 409 g/mol. The van der Waals surface area contributed by atoms with Crippen LogP contribution in [0.15, 0.2) is 12.1 Å². The van der Waals surface area contributed by atoms with E-state index in [2.05, 4.69) is 0 Å². The molecular weight excluding hydrogens is 378 g/mol. The molecule has 6 heteroatoms. The quantitative estimate of drug-likeness (QED) is 0.776. The zero-order chi connectivity index (χ0) is 20.4. The molecule has 1 aliphatic carbocycles. The summed E-state index contributed by atoms with van der Waals surface area (Å²) >= 11 is 6.20. The van der Waals surface area contributed by atoms with Crippen LogP contribution >= 0.6 is 11.6 Å². The molecule has 156 valence electrons. The van der Waals surface area contributed by atoms with Gasteiger partial charge in [0.2, 0.25) is 5.91 Å². The number of aliphatic hydroxyl groups is 2. The number of carbonyl (C=O) groups is 1. The summed E-state index contributed by atoms with van der Waals surface area (Å²) in [6.07, 6.45) is 5.92. The summed E-state index contributed by atoms with van der Waals surface area (Å²) in [5.74, 6) is 0.605. The normalized spacial score (nSPS) is 24.8. The Hall–Kier alpha value is -1.30. The van der Waals surface area contributed by atoms with E-state index in [-0.39, 0.29) is 25.5 Å². The number of hydrogen-bond donors (Lipinski definition) is 2. The van der Waals surface area contributed by atoms with Gasteiger partial charge in [-0.05, 0) is 62.8 Å². The summed E-state index contributed by atoms with van der Waals surface area (Å²) in [6, 6.07) is 3.73. The van der Waals surface area contributed by atoms with Crippen LogP contribution in [0.4, 0.5) is 0 Å². The lowest BCUT2D eigenvalue weighted by molar-refractivity contribution is -0.146. The number of carbonyl (C=O) groups excluding carboxylic acids is 1. The summed E-state index contributed by atoms with van der Waals surface area (Å²) in [5, 5.41) is 22.4. The van der Waals surface area contributed by atoms with Crippen LogP contribution < -0.4 is 4.74 Å². The molecule has 1 saturated heterocycles. The highest BCUT2D eigenvalue weighted by Gasteiger charge is 2.39. The van der Waals surface area contributed by atoms with Crippen LogP contribution in [0.5, 0.6) is 5.75 Å². The van der Waals surface area contributed by atoms with Crippen molar-refractivity contribution in [3.05, 3.63) is 28.3 Å². The maximum atomic E-state index is 12.8. The van der Waals surface area contributed by atoms with Crippen molar-refractivity contribution in [1.29, 1.82) is 0 Å². The Balaban J connectivity index is 1.59. The predicted octanol–water partition coefficient (Wildman–Crippen LogP) is 3.77. The van der Waals surface area contributed by atoms with Crippen LogP contribution in [0.1, 0.15) is 62.5 Å². The van der Waals surface area contributed by atoms with E-state index in [9.17, 15) is 15.0 Å². The van der Waals surface area contributed by atoms with Gasteiger partial charge >= 0.3 is 0 Å². The molecule has 0 bridgehead atoms. The molecule has 1 atom stereocenters. The Kier molecular flexibility index (Phi) is 6.58. The van der Waals surface area contributed by atoms with E-state index in [0.717, 1.165) is 41.8 Å². The van der Waals surface area contributed by atoms with Crippen molar-refractivity contribution in [1.82, 2.24) is 4.90 Å².